The zero-order chi connectivity index (χ0) is 10.1. The van der Waals surface area contributed by atoms with Crippen molar-refractivity contribution >= 4 is 22.6 Å². The van der Waals surface area contributed by atoms with E-state index in [-0.39, 0.29) is 5.63 Å². The molecule has 0 atom stereocenters. The minimum Gasteiger partial charge on any atom is -0.282 e. The van der Waals surface area contributed by atoms with E-state index in [1.807, 2.05) is 53.8 Å². The number of nitrogens with zero attached hydrogens (tertiary/aromatic N) is 1. The summed E-state index contributed by atoms with van der Waals surface area (Å²) in [6.45, 7) is 1.98. The topological polar surface area (TPSA) is 49.9 Å². The van der Waals surface area contributed by atoms with Crippen LogP contribution in [0.4, 0.5) is 0 Å². The Morgan fingerprint density at radius 1 is 1.43 bits per heavy atom. The molecule has 0 spiro atoms. The van der Waals surface area contributed by atoms with Crippen molar-refractivity contribution in [3.8, 4) is 5.69 Å². The molecule has 1 heterocycles. The normalized spacial score (nSPS) is 10.4. The highest BCUT2D eigenvalue weighted by Gasteiger charge is 2.21. The fourth-order valence-electron chi connectivity index (χ4n) is 1.23. The lowest BCUT2D eigenvalue weighted by Gasteiger charge is -1.93. The van der Waals surface area contributed by atoms with Gasteiger partial charge in [0.15, 0.2) is 0 Å². The van der Waals surface area contributed by atoms with Crippen LogP contribution < -0.4 is 10.3 Å². The third kappa shape index (κ3) is 1.47. The second-order valence-corrected chi connectivity index (χ2v) is 3.92. The first kappa shape index (κ1) is 9.45. The van der Waals surface area contributed by atoms with Gasteiger partial charge in [0.25, 0.3) is 0 Å². The van der Waals surface area contributed by atoms with E-state index in [9.17, 15) is 4.79 Å². The third-order valence-electron chi connectivity index (χ3n) is 1.95. The van der Waals surface area contributed by atoms with Crippen LogP contribution in [0, 0.1) is 10.6 Å². The van der Waals surface area contributed by atoms with Gasteiger partial charge in [-0.1, -0.05) is 18.2 Å². The molecule has 0 saturated carbocycles. The maximum Gasteiger partial charge on any atom is 0.441 e. The first-order valence-corrected chi connectivity index (χ1v) is 5.13. The largest absolute Gasteiger partial charge is 0.441 e. The lowest BCUT2D eigenvalue weighted by molar-refractivity contribution is -0.682. The van der Waals surface area contributed by atoms with Gasteiger partial charge >= 0.3 is 9.33 Å². The molecule has 0 aliphatic rings. The van der Waals surface area contributed by atoms with Crippen molar-refractivity contribution in [3.63, 3.8) is 0 Å². The van der Waals surface area contributed by atoms with Crippen LogP contribution in [-0.2, 0) is 0 Å². The fraction of sp³-hybridized carbons (Fsp3) is 0.111. The van der Waals surface area contributed by atoms with E-state index in [1.165, 1.54) is 0 Å². The van der Waals surface area contributed by atoms with E-state index in [4.69, 9.17) is 0 Å². The van der Waals surface area contributed by atoms with E-state index in [2.05, 4.69) is 9.79 Å². The number of hydrogen-bond acceptors (Lipinski definition) is 2. The lowest BCUT2D eigenvalue weighted by Crippen LogP contribution is -2.38. The number of hydrogen-bond donors (Lipinski definition) is 1. The van der Waals surface area contributed by atoms with E-state index in [0.29, 0.717) is 3.70 Å². The first-order valence-electron chi connectivity index (χ1n) is 4.05. The predicted molar refractivity (Wildman–Crippen MR) is 58.3 cm³/mol. The molecule has 4 nitrogen and oxygen atoms in total. The van der Waals surface area contributed by atoms with E-state index >= 15 is 0 Å². The molecule has 5 heteroatoms. The van der Waals surface area contributed by atoms with Gasteiger partial charge in [-0.25, -0.2) is 4.79 Å². The van der Waals surface area contributed by atoms with Crippen molar-refractivity contribution < 1.29 is 9.20 Å². The second-order valence-electron chi connectivity index (χ2n) is 2.89. The number of halogens is 1. The van der Waals surface area contributed by atoms with Crippen molar-refractivity contribution in [2.75, 3.05) is 0 Å². The number of aryl methyl sites for hydroxylation is 1. The Balaban J connectivity index is 2.66. The van der Waals surface area contributed by atoms with Crippen LogP contribution in [0.2, 0.25) is 0 Å². The molecule has 0 aliphatic carbocycles. The molecule has 0 aliphatic heterocycles. The molecule has 0 saturated heterocycles. The Morgan fingerprint density at radius 3 is 2.71 bits per heavy atom. The van der Waals surface area contributed by atoms with Gasteiger partial charge in [0.2, 0.25) is 5.69 Å². The highest BCUT2D eigenvalue weighted by Crippen LogP contribution is 2.06. The monoisotopic (exact) mass is 303 g/mol. The highest BCUT2D eigenvalue weighted by atomic mass is 127. The third-order valence-corrected chi connectivity index (χ3v) is 2.87. The molecule has 0 fully saturated rings. The molecule has 0 radical (unpaired) electrons. The summed E-state index contributed by atoms with van der Waals surface area (Å²) in [5.74, 6) is 0. The molecule has 0 bridgehead atoms. The summed E-state index contributed by atoms with van der Waals surface area (Å²) in [6.07, 6.45) is 0. The standard InChI is InChI=1S/C9H7IN2O2/c1-6-4-2-3-5-7(6)12-8(10)9(13)14-11-12/h2-5H,1H3/p+1. The van der Waals surface area contributed by atoms with Crippen LogP contribution in [0.3, 0.4) is 0 Å². The first-order chi connectivity index (χ1) is 6.70. The summed E-state index contributed by atoms with van der Waals surface area (Å²) in [5.41, 5.74) is 1.64. The zero-order valence-electron chi connectivity index (χ0n) is 7.45. The molecule has 1 aromatic carbocycles. The second kappa shape index (κ2) is 3.56. The van der Waals surface area contributed by atoms with Crippen LogP contribution in [0.5, 0.6) is 0 Å². The van der Waals surface area contributed by atoms with E-state index in [1.54, 1.807) is 4.68 Å². The average molecular weight is 303 g/mol. The molecule has 2 rings (SSSR count). The number of rotatable bonds is 1. The number of aromatic amines is 1. The molecule has 1 N–H and O–H groups in total. The Morgan fingerprint density at radius 2 is 2.14 bits per heavy atom. The van der Waals surface area contributed by atoms with Crippen molar-refractivity contribution in [2.45, 2.75) is 6.92 Å². The Labute approximate surface area is 93.6 Å². The van der Waals surface area contributed by atoms with Gasteiger partial charge in [-0.15, -0.1) is 0 Å². The van der Waals surface area contributed by atoms with Gasteiger partial charge in [-0.3, -0.25) is 4.52 Å². The van der Waals surface area contributed by atoms with Crippen LogP contribution in [-0.4, -0.2) is 5.27 Å². The van der Waals surface area contributed by atoms with Gasteiger partial charge in [-0.2, -0.15) is 0 Å². The van der Waals surface area contributed by atoms with Gasteiger partial charge in [0.05, 0.1) is 0 Å². The molecule has 0 unspecified atom stereocenters. The minimum absolute atomic E-state index is 0.353. The quantitative estimate of drug-likeness (QED) is 0.635. The van der Waals surface area contributed by atoms with Crippen molar-refractivity contribution in [2.24, 2.45) is 0 Å². The van der Waals surface area contributed by atoms with Crippen LogP contribution >= 0.6 is 22.6 Å². The van der Waals surface area contributed by atoms with Crippen LogP contribution in [0.15, 0.2) is 33.6 Å². The van der Waals surface area contributed by atoms with Crippen molar-refractivity contribution in [1.29, 1.82) is 0 Å². The number of para-hydroxylation sites is 1. The molecule has 0 amide bonds. The minimum atomic E-state index is -0.353. The number of aromatic nitrogens is 2. The van der Waals surface area contributed by atoms with Crippen LogP contribution in [0.25, 0.3) is 5.69 Å². The average Bonchev–Trinajstić information content (AvgIpc) is 2.49. The zero-order valence-corrected chi connectivity index (χ0v) is 9.61. The summed E-state index contributed by atoms with van der Waals surface area (Å²) in [5, 5.41) is 2.55. The lowest BCUT2D eigenvalue weighted by atomic mass is 10.2. The summed E-state index contributed by atoms with van der Waals surface area (Å²) in [4.78, 5) is 11.1. The molecule has 1 aromatic heterocycles. The van der Waals surface area contributed by atoms with Gasteiger partial charge in [0.1, 0.15) is 0 Å². The Kier molecular flexibility index (Phi) is 2.40. The maximum atomic E-state index is 11.1. The maximum absolute atomic E-state index is 11.1. The number of nitrogens with one attached hydrogen (secondary N) is 1. The summed E-state index contributed by atoms with van der Waals surface area (Å²) in [6, 6.07) is 7.76. The van der Waals surface area contributed by atoms with Crippen molar-refractivity contribution in [3.05, 3.63) is 43.9 Å². The summed E-state index contributed by atoms with van der Waals surface area (Å²) in [7, 11) is 0. The smallest absolute Gasteiger partial charge is 0.282 e. The highest BCUT2D eigenvalue weighted by molar-refractivity contribution is 14.1. The number of H-pyrrole nitrogens is 1. The van der Waals surface area contributed by atoms with Gasteiger partial charge < -0.3 is 0 Å². The van der Waals surface area contributed by atoms with Gasteiger partial charge in [-0.05, 0) is 16.9 Å². The Bertz CT molecular complexity index is 516. The Hall–Kier alpha value is -1.11. The predicted octanol–water partition coefficient (Wildman–Crippen LogP) is 1.16. The molecule has 72 valence electrons. The van der Waals surface area contributed by atoms with Gasteiger partial charge in [0, 0.05) is 34.2 Å². The number of benzene rings is 1. The molecule has 2 aromatic rings. The van der Waals surface area contributed by atoms with E-state index < -0.39 is 0 Å². The van der Waals surface area contributed by atoms with Crippen molar-refractivity contribution in [1.82, 2.24) is 5.27 Å². The SMILES string of the molecule is Cc1ccccc1-[n+]1[nH]oc(=O)c1I. The molecular formula is C9H8IN2O2+. The molecular weight excluding hydrogens is 295 g/mol. The summed E-state index contributed by atoms with van der Waals surface area (Å²) < 4.78 is 6.81. The van der Waals surface area contributed by atoms with Crippen LogP contribution in [0.1, 0.15) is 5.56 Å². The fourth-order valence-corrected chi connectivity index (χ4v) is 1.70. The summed E-state index contributed by atoms with van der Waals surface area (Å²) >= 11 is 1.95. The molecule has 14 heavy (non-hydrogen) atoms. The van der Waals surface area contributed by atoms with E-state index in [0.717, 1.165) is 11.3 Å².